The molecule has 1 fully saturated rings. The molecule has 0 saturated heterocycles. The van der Waals surface area contributed by atoms with Gasteiger partial charge in [0.25, 0.3) is 0 Å². The predicted octanol–water partition coefficient (Wildman–Crippen LogP) is 1.56. The maximum absolute atomic E-state index is 12.2. The summed E-state index contributed by atoms with van der Waals surface area (Å²) in [6.07, 6.45) is 5.85. The molecule has 1 saturated carbocycles. The number of hydrogen-bond acceptors (Lipinski definition) is 4. The number of methoxy groups -OCH3 is 1. The molecule has 20 heavy (non-hydrogen) atoms. The van der Waals surface area contributed by atoms with Crippen molar-refractivity contribution in [3.8, 4) is 0 Å². The van der Waals surface area contributed by atoms with Gasteiger partial charge in [-0.25, -0.2) is 0 Å². The average molecular weight is 284 g/mol. The first kappa shape index (κ1) is 17.0. The van der Waals surface area contributed by atoms with E-state index in [1.165, 1.54) is 26.4 Å². The molecule has 1 aliphatic rings. The largest absolute Gasteiger partial charge is 0.469 e. The fraction of sp³-hybridized carbons (Fsp3) is 0.867. The van der Waals surface area contributed by atoms with Crippen molar-refractivity contribution in [2.75, 3.05) is 20.7 Å². The van der Waals surface area contributed by atoms with Crippen molar-refractivity contribution in [1.82, 2.24) is 10.2 Å². The van der Waals surface area contributed by atoms with E-state index >= 15 is 0 Å². The van der Waals surface area contributed by atoms with Crippen LogP contribution in [-0.4, -0.2) is 49.6 Å². The van der Waals surface area contributed by atoms with E-state index in [4.69, 9.17) is 4.74 Å². The van der Waals surface area contributed by atoms with Gasteiger partial charge in [-0.05, 0) is 26.8 Å². The van der Waals surface area contributed by atoms with Crippen LogP contribution < -0.4 is 5.32 Å². The molecule has 1 N–H and O–H groups in total. The molecule has 0 aromatic rings. The molecule has 0 heterocycles. The summed E-state index contributed by atoms with van der Waals surface area (Å²) in [4.78, 5) is 25.5. The fourth-order valence-corrected chi connectivity index (χ4v) is 2.63. The Bertz CT molecular complexity index is 327. The van der Waals surface area contributed by atoms with Gasteiger partial charge in [0.15, 0.2) is 0 Å². The zero-order valence-corrected chi connectivity index (χ0v) is 13.1. The Kier molecular flexibility index (Phi) is 6.99. The normalized spacial score (nSPS) is 19.4. The van der Waals surface area contributed by atoms with Crippen LogP contribution in [-0.2, 0) is 14.3 Å². The fourth-order valence-electron chi connectivity index (χ4n) is 2.63. The van der Waals surface area contributed by atoms with Crippen molar-refractivity contribution in [1.29, 1.82) is 0 Å². The number of likely N-dealkylation sites (N-methyl/N-ethyl adjacent to an activating group) is 1. The number of carbonyl (C=O) groups excluding carboxylic acids is 2. The van der Waals surface area contributed by atoms with Crippen molar-refractivity contribution < 1.29 is 14.3 Å². The first-order chi connectivity index (χ1) is 9.45. The summed E-state index contributed by atoms with van der Waals surface area (Å²) < 4.78 is 4.71. The van der Waals surface area contributed by atoms with Gasteiger partial charge in [-0.2, -0.15) is 0 Å². The second kappa shape index (κ2) is 8.25. The molecule has 0 bridgehead atoms. The third-order valence-electron chi connectivity index (χ3n) is 4.16. The molecule has 2 unspecified atom stereocenters. The zero-order chi connectivity index (χ0) is 15.1. The summed E-state index contributed by atoms with van der Waals surface area (Å²) in [5, 5.41) is 3.12. The first-order valence-corrected chi connectivity index (χ1v) is 7.54. The van der Waals surface area contributed by atoms with Gasteiger partial charge < -0.3 is 10.1 Å². The van der Waals surface area contributed by atoms with Crippen molar-refractivity contribution in [2.24, 2.45) is 5.92 Å². The predicted molar refractivity (Wildman–Crippen MR) is 78.3 cm³/mol. The van der Waals surface area contributed by atoms with Gasteiger partial charge in [-0.3, -0.25) is 14.5 Å². The van der Waals surface area contributed by atoms with Gasteiger partial charge in [0.1, 0.15) is 0 Å². The second-order valence-corrected chi connectivity index (χ2v) is 5.88. The Morgan fingerprint density at radius 2 is 1.85 bits per heavy atom. The number of nitrogens with one attached hydrogen (secondary N) is 1. The summed E-state index contributed by atoms with van der Waals surface area (Å²) in [5.74, 6) is -0.414. The standard InChI is InChI=1S/C15H28N2O3/c1-11(15(19)20-4)10-17(3)12(2)14(18)16-13-8-6-5-7-9-13/h11-13H,5-10H2,1-4H3,(H,16,18). The number of carbonyl (C=O) groups is 2. The van der Waals surface area contributed by atoms with Crippen LogP contribution in [0, 0.1) is 5.92 Å². The lowest BCUT2D eigenvalue weighted by molar-refractivity contribution is -0.146. The third-order valence-corrected chi connectivity index (χ3v) is 4.16. The summed E-state index contributed by atoms with van der Waals surface area (Å²) in [6, 6.07) is 0.0918. The average Bonchev–Trinajstić information content (AvgIpc) is 2.46. The Balaban J connectivity index is 2.40. The zero-order valence-electron chi connectivity index (χ0n) is 13.1. The number of nitrogens with zero attached hydrogens (tertiary/aromatic N) is 1. The second-order valence-electron chi connectivity index (χ2n) is 5.88. The van der Waals surface area contributed by atoms with Gasteiger partial charge in [0.05, 0.1) is 19.1 Å². The minimum Gasteiger partial charge on any atom is -0.469 e. The Labute approximate surface area is 122 Å². The summed E-state index contributed by atoms with van der Waals surface area (Å²) >= 11 is 0. The SMILES string of the molecule is COC(=O)C(C)CN(C)C(C)C(=O)NC1CCCCC1. The maximum atomic E-state index is 12.2. The van der Waals surface area contributed by atoms with Gasteiger partial charge in [-0.1, -0.05) is 26.2 Å². The minimum atomic E-state index is -0.239. The van der Waals surface area contributed by atoms with Gasteiger partial charge in [0.2, 0.25) is 5.91 Å². The summed E-state index contributed by atoms with van der Waals surface area (Å²) in [6.45, 7) is 4.21. The molecular weight excluding hydrogens is 256 g/mol. The molecule has 1 amide bonds. The number of rotatable bonds is 6. The first-order valence-electron chi connectivity index (χ1n) is 7.54. The van der Waals surface area contributed by atoms with E-state index in [-0.39, 0.29) is 23.8 Å². The molecule has 0 aliphatic heterocycles. The molecule has 116 valence electrons. The summed E-state index contributed by atoms with van der Waals surface area (Å²) in [5.41, 5.74) is 0. The number of amides is 1. The van der Waals surface area contributed by atoms with Crippen molar-refractivity contribution >= 4 is 11.9 Å². The van der Waals surface area contributed by atoms with Crippen molar-refractivity contribution in [3.05, 3.63) is 0 Å². The highest BCUT2D eigenvalue weighted by atomic mass is 16.5. The van der Waals surface area contributed by atoms with Gasteiger partial charge >= 0.3 is 5.97 Å². The highest BCUT2D eigenvalue weighted by Crippen LogP contribution is 2.17. The van der Waals surface area contributed by atoms with Crippen LogP contribution in [0.15, 0.2) is 0 Å². The molecule has 5 nitrogen and oxygen atoms in total. The quantitative estimate of drug-likeness (QED) is 0.752. The lowest BCUT2D eigenvalue weighted by atomic mass is 9.95. The van der Waals surface area contributed by atoms with Crippen LogP contribution in [0.4, 0.5) is 0 Å². The number of esters is 1. The molecule has 0 spiro atoms. The molecule has 0 aromatic heterocycles. The molecule has 1 rings (SSSR count). The Hall–Kier alpha value is -1.10. The van der Waals surface area contributed by atoms with Gasteiger partial charge in [0, 0.05) is 12.6 Å². The topological polar surface area (TPSA) is 58.6 Å². The Morgan fingerprint density at radius 3 is 2.40 bits per heavy atom. The monoisotopic (exact) mass is 284 g/mol. The van der Waals surface area contributed by atoms with Crippen LogP contribution in [0.2, 0.25) is 0 Å². The van der Waals surface area contributed by atoms with E-state index in [1.54, 1.807) is 0 Å². The molecule has 0 aromatic carbocycles. The lowest BCUT2D eigenvalue weighted by Crippen LogP contribution is -2.48. The molecule has 2 atom stereocenters. The minimum absolute atomic E-state index is 0.0523. The van der Waals surface area contributed by atoms with Crippen LogP contribution in [0.3, 0.4) is 0 Å². The maximum Gasteiger partial charge on any atom is 0.309 e. The number of hydrogen-bond donors (Lipinski definition) is 1. The van der Waals surface area contributed by atoms with Crippen LogP contribution in [0.5, 0.6) is 0 Å². The van der Waals surface area contributed by atoms with Crippen molar-refractivity contribution in [3.63, 3.8) is 0 Å². The van der Waals surface area contributed by atoms with E-state index in [0.29, 0.717) is 12.6 Å². The Morgan fingerprint density at radius 1 is 1.25 bits per heavy atom. The third kappa shape index (κ3) is 5.12. The summed E-state index contributed by atoms with van der Waals surface area (Å²) in [7, 11) is 3.25. The molecular formula is C15H28N2O3. The highest BCUT2D eigenvalue weighted by molar-refractivity contribution is 5.81. The van der Waals surface area contributed by atoms with Crippen LogP contribution >= 0.6 is 0 Å². The van der Waals surface area contributed by atoms with E-state index in [2.05, 4.69) is 5.32 Å². The smallest absolute Gasteiger partial charge is 0.309 e. The molecule has 5 heteroatoms. The van der Waals surface area contributed by atoms with Crippen LogP contribution in [0.1, 0.15) is 46.0 Å². The van der Waals surface area contributed by atoms with Crippen LogP contribution in [0.25, 0.3) is 0 Å². The molecule has 1 aliphatic carbocycles. The lowest BCUT2D eigenvalue weighted by Gasteiger charge is -2.29. The van der Waals surface area contributed by atoms with E-state index in [1.807, 2.05) is 25.8 Å². The van der Waals surface area contributed by atoms with Crippen molar-refractivity contribution in [2.45, 2.75) is 58.0 Å². The van der Waals surface area contributed by atoms with E-state index in [0.717, 1.165) is 12.8 Å². The number of ether oxygens (including phenoxy) is 1. The highest BCUT2D eigenvalue weighted by Gasteiger charge is 2.25. The van der Waals surface area contributed by atoms with Gasteiger partial charge in [-0.15, -0.1) is 0 Å². The van der Waals surface area contributed by atoms with E-state index in [9.17, 15) is 9.59 Å². The molecule has 0 radical (unpaired) electrons. The van der Waals surface area contributed by atoms with E-state index < -0.39 is 0 Å².